The van der Waals surface area contributed by atoms with E-state index >= 15 is 0 Å². The summed E-state index contributed by atoms with van der Waals surface area (Å²) in [5.41, 5.74) is 2.02. The molecule has 0 bridgehead atoms. The maximum Gasteiger partial charge on any atom is 0.265 e. The van der Waals surface area contributed by atoms with Gasteiger partial charge in [0.1, 0.15) is 24.6 Å². The van der Waals surface area contributed by atoms with Crippen molar-refractivity contribution < 1.29 is 23.7 Å². The maximum absolute atomic E-state index is 12.0. The van der Waals surface area contributed by atoms with Crippen LogP contribution in [0.5, 0.6) is 5.75 Å². The number of hydrogen-bond donors (Lipinski definition) is 3. The van der Waals surface area contributed by atoms with E-state index in [1.807, 2.05) is 32.0 Å². The van der Waals surface area contributed by atoms with E-state index in [9.17, 15) is 13.9 Å². The lowest BCUT2D eigenvalue weighted by Crippen LogP contribution is -2.38. The minimum absolute atomic E-state index is 0.0576. The first-order valence-electron chi connectivity index (χ1n) is 6.45. The standard InChI is InChI=1S/C14H21F2NO3/c1-9-3-4-10(2)13(5-9)20-8-11(18)6-17-7-12(19)14(15)16/h3-5,11-12,14,17-19H,6-8H2,1-2H3. The zero-order chi connectivity index (χ0) is 15.1. The van der Waals surface area contributed by atoms with Gasteiger partial charge in [-0.25, -0.2) is 8.78 Å². The van der Waals surface area contributed by atoms with Crippen LogP contribution in [0.15, 0.2) is 18.2 Å². The van der Waals surface area contributed by atoms with Gasteiger partial charge in [-0.3, -0.25) is 0 Å². The Labute approximate surface area is 117 Å². The number of benzene rings is 1. The minimum Gasteiger partial charge on any atom is -0.491 e. The molecule has 0 amide bonds. The van der Waals surface area contributed by atoms with Crippen molar-refractivity contribution in [3.63, 3.8) is 0 Å². The van der Waals surface area contributed by atoms with E-state index in [2.05, 4.69) is 5.32 Å². The Balaban J connectivity index is 2.29. The number of alkyl halides is 2. The molecular weight excluding hydrogens is 268 g/mol. The second-order valence-electron chi connectivity index (χ2n) is 4.79. The Morgan fingerprint density at radius 1 is 1.20 bits per heavy atom. The molecule has 0 aromatic heterocycles. The third kappa shape index (κ3) is 5.81. The smallest absolute Gasteiger partial charge is 0.265 e. The van der Waals surface area contributed by atoms with Gasteiger partial charge >= 0.3 is 0 Å². The summed E-state index contributed by atoms with van der Waals surface area (Å²) in [5.74, 6) is 0.691. The Kier molecular flexibility index (Phi) is 6.84. The lowest BCUT2D eigenvalue weighted by Gasteiger charge is -2.16. The van der Waals surface area contributed by atoms with Gasteiger partial charge < -0.3 is 20.3 Å². The molecule has 3 N–H and O–H groups in total. The predicted molar refractivity (Wildman–Crippen MR) is 72.3 cm³/mol. The SMILES string of the molecule is Cc1ccc(C)c(OCC(O)CNCC(O)C(F)F)c1. The zero-order valence-corrected chi connectivity index (χ0v) is 11.6. The number of rotatable bonds is 8. The van der Waals surface area contributed by atoms with Crippen LogP contribution in [0.1, 0.15) is 11.1 Å². The molecule has 0 radical (unpaired) electrons. The van der Waals surface area contributed by atoms with Crippen molar-refractivity contribution in [2.75, 3.05) is 19.7 Å². The Morgan fingerprint density at radius 3 is 2.55 bits per heavy atom. The van der Waals surface area contributed by atoms with Crippen LogP contribution in [-0.4, -0.2) is 48.5 Å². The molecule has 2 atom stereocenters. The first-order chi connectivity index (χ1) is 9.40. The summed E-state index contributed by atoms with van der Waals surface area (Å²) in [7, 11) is 0. The molecule has 114 valence electrons. The van der Waals surface area contributed by atoms with Crippen molar-refractivity contribution in [3.8, 4) is 5.75 Å². The second kappa shape index (κ2) is 8.14. The molecule has 0 spiro atoms. The number of aryl methyl sites for hydroxylation is 2. The number of nitrogens with one attached hydrogen (secondary N) is 1. The van der Waals surface area contributed by atoms with Crippen LogP contribution in [0.4, 0.5) is 8.78 Å². The van der Waals surface area contributed by atoms with E-state index in [1.165, 1.54) is 0 Å². The molecule has 2 unspecified atom stereocenters. The van der Waals surface area contributed by atoms with Gasteiger partial charge in [-0.2, -0.15) is 0 Å². The van der Waals surface area contributed by atoms with E-state index < -0.39 is 18.6 Å². The van der Waals surface area contributed by atoms with Gasteiger partial charge in [0, 0.05) is 13.1 Å². The monoisotopic (exact) mass is 289 g/mol. The third-order valence-electron chi connectivity index (χ3n) is 2.80. The highest BCUT2D eigenvalue weighted by molar-refractivity contribution is 5.35. The Hall–Kier alpha value is -1.24. The molecule has 6 heteroatoms. The van der Waals surface area contributed by atoms with Crippen molar-refractivity contribution in [3.05, 3.63) is 29.3 Å². The van der Waals surface area contributed by atoms with Gasteiger partial charge in [0.05, 0.1) is 0 Å². The molecule has 1 aromatic rings. The fourth-order valence-corrected chi connectivity index (χ4v) is 1.59. The number of aliphatic hydroxyl groups excluding tert-OH is 2. The highest BCUT2D eigenvalue weighted by Crippen LogP contribution is 2.19. The largest absolute Gasteiger partial charge is 0.491 e. The maximum atomic E-state index is 12.0. The third-order valence-corrected chi connectivity index (χ3v) is 2.80. The summed E-state index contributed by atoms with van der Waals surface area (Å²) in [6.45, 7) is 3.71. The Morgan fingerprint density at radius 2 is 1.90 bits per heavy atom. The topological polar surface area (TPSA) is 61.7 Å². The predicted octanol–water partition coefficient (Wildman–Crippen LogP) is 1.26. The molecule has 0 saturated heterocycles. The number of halogens is 2. The first-order valence-corrected chi connectivity index (χ1v) is 6.45. The average Bonchev–Trinajstić information content (AvgIpc) is 2.39. The van der Waals surface area contributed by atoms with Gasteiger partial charge in [0.2, 0.25) is 0 Å². The summed E-state index contributed by atoms with van der Waals surface area (Å²) in [6.07, 6.45) is -5.34. The fraction of sp³-hybridized carbons (Fsp3) is 0.571. The highest BCUT2D eigenvalue weighted by atomic mass is 19.3. The van der Waals surface area contributed by atoms with E-state index in [-0.39, 0.29) is 19.7 Å². The van der Waals surface area contributed by atoms with E-state index in [4.69, 9.17) is 9.84 Å². The normalized spacial score (nSPS) is 14.3. The molecule has 1 aromatic carbocycles. The molecule has 0 aliphatic carbocycles. The molecular formula is C14H21F2NO3. The van der Waals surface area contributed by atoms with Crippen molar-refractivity contribution in [2.45, 2.75) is 32.5 Å². The summed E-state index contributed by atoms with van der Waals surface area (Å²) in [5, 5.41) is 21.1. The van der Waals surface area contributed by atoms with Crippen LogP contribution in [0.3, 0.4) is 0 Å². The fourth-order valence-electron chi connectivity index (χ4n) is 1.59. The summed E-state index contributed by atoms with van der Waals surface area (Å²) >= 11 is 0. The molecule has 0 heterocycles. The van der Waals surface area contributed by atoms with Crippen LogP contribution in [0.2, 0.25) is 0 Å². The van der Waals surface area contributed by atoms with Crippen molar-refractivity contribution in [1.29, 1.82) is 0 Å². The number of aliphatic hydroxyl groups is 2. The van der Waals surface area contributed by atoms with Gasteiger partial charge in [-0.05, 0) is 31.0 Å². The molecule has 0 aliphatic heterocycles. The summed E-state index contributed by atoms with van der Waals surface area (Å²) in [4.78, 5) is 0. The minimum atomic E-state index is -2.79. The number of ether oxygens (including phenoxy) is 1. The van der Waals surface area contributed by atoms with Crippen molar-refractivity contribution in [2.24, 2.45) is 0 Å². The van der Waals surface area contributed by atoms with E-state index in [0.717, 1.165) is 11.1 Å². The molecule has 0 fully saturated rings. The molecule has 1 rings (SSSR count). The van der Waals surface area contributed by atoms with Crippen LogP contribution in [-0.2, 0) is 0 Å². The number of hydrogen-bond acceptors (Lipinski definition) is 4. The van der Waals surface area contributed by atoms with Crippen molar-refractivity contribution in [1.82, 2.24) is 5.32 Å². The van der Waals surface area contributed by atoms with E-state index in [1.54, 1.807) is 0 Å². The lowest BCUT2D eigenvalue weighted by atomic mass is 10.1. The van der Waals surface area contributed by atoms with Gasteiger partial charge in [0.25, 0.3) is 6.43 Å². The summed E-state index contributed by atoms with van der Waals surface area (Å²) in [6, 6.07) is 5.76. The average molecular weight is 289 g/mol. The molecule has 20 heavy (non-hydrogen) atoms. The Bertz CT molecular complexity index is 415. The van der Waals surface area contributed by atoms with Crippen molar-refractivity contribution >= 4 is 0 Å². The van der Waals surface area contributed by atoms with Gasteiger partial charge in [0.15, 0.2) is 0 Å². The second-order valence-corrected chi connectivity index (χ2v) is 4.79. The van der Waals surface area contributed by atoms with Crippen LogP contribution in [0.25, 0.3) is 0 Å². The molecule has 4 nitrogen and oxygen atoms in total. The van der Waals surface area contributed by atoms with Gasteiger partial charge in [-0.1, -0.05) is 12.1 Å². The molecule has 0 saturated carbocycles. The van der Waals surface area contributed by atoms with E-state index in [0.29, 0.717) is 5.75 Å². The zero-order valence-electron chi connectivity index (χ0n) is 11.6. The van der Waals surface area contributed by atoms with Crippen LogP contribution >= 0.6 is 0 Å². The first kappa shape index (κ1) is 16.8. The lowest BCUT2D eigenvalue weighted by molar-refractivity contribution is -0.00530. The molecule has 0 aliphatic rings. The van der Waals surface area contributed by atoms with Gasteiger partial charge in [-0.15, -0.1) is 0 Å². The van der Waals surface area contributed by atoms with Crippen LogP contribution < -0.4 is 10.1 Å². The van der Waals surface area contributed by atoms with Crippen LogP contribution in [0, 0.1) is 13.8 Å². The summed E-state index contributed by atoms with van der Waals surface area (Å²) < 4.78 is 29.5. The quantitative estimate of drug-likeness (QED) is 0.674. The highest BCUT2D eigenvalue weighted by Gasteiger charge is 2.16.